The Morgan fingerprint density at radius 2 is 2.00 bits per heavy atom. The van der Waals surface area contributed by atoms with Crippen LogP contribution in [0.1, 0.15) is 12.5 Å². The number of hydrogen-bond acceptors (Lipinski definition) is 5. The number of rotatable bonds is 7. The van der Waals surface area contributed by atoms with Gasteiger partial charge in [0, 0.05) is 18.4 Å². The van der Waals surface area contributed by atoms with Crippen molar-refractivity contribution in [2.45, 2.75) is 13.0 Å². The zero-order chi connectivity index (χ0) is 18.2. The molecule has 0 fully saturated rings. The minimum absolute atomic E-state index is 0.142. The number of carbonyl (C=O) groups is 2. The van der Waals surface area contributed by atoms with E-state index in [9.17, 15) is 9.59 Å². The summed E-state index contributed by atoms with van der Waals surface area (Å²) in [4.78, 5) is 24.1. The molecule has 0 aliphatic carbocycles. The first kappa shape index (κ1) is 18.5. The number of methoxy groups -OCH3 is 2. The second-order valence-electron chi connectivity index (χ2n) is 5.34. The van der Waals surface area contributed by atoms with E-state index in [-0.39, 0.29) is 12.6 Å². The van der Waals surface area contributed by atoms with Crippen molar-refractivity contribution in [2.24, 2.45) is 0 Å². The van der Waals surface area contributed by atoms with Crippen molar-refractivity contribution in [1.82, 2.24) is 10.6 Å². The number of carbonyl (C=O) groups excluding carboxylic acids is 2. The minimum atomic E-state index is -0.603. The van der Waals surface area contributed by atoms with Crippen molar-refractivity contribution < 1.29 is 23.8 Å². The quantitative estimate of drug-likeness (QED) is 0.581. The maximum Gasteiger partial charge on any atom is 0.338 e. The highest BCUT2D eigenvalue weighted by molar-refractivity contribution is 5.95. The molecular weight excluding hydrogens is 324 g/mol. The van der Waals surface area contributed by atoms with Crippen LogP contribution >= 0.6 is 0 Å². The van der Waals surface area contributed by atoms with Crippen molar-refractivity contribution in [3.05, 3.63) is 47.2 Å². The monoisotopic (exact) mass is 346 g/mol. The average Bonchev–Trinajstić information content (AvgIpc) is 2.59. The molecule has 7 heteroatoms. The van der Waals surface area contributed by atoms with Gasteiger partial charge in [0.15, 0.2) is 0 Å². The number of ether oxygens (including phenoxy) is 3. The second-order valence-corrected chi connectivity index (χ2v) is 5.34. The van der Waals surface area contributed by atoms with Crippen molar-refractivity contribution in [3.63, 3.8) is 0 Å². The van der Waals surface area contributed by atoms with Crippen LogP contribution in [0.15, 0.2) is 41.6 Å². The van der Waals surface area contributed by atoms with Crippen LogP contribution in [0, 0.1) is 0 Å². The van der Waals surface area contributed by atoms with E-state index in [0.29, 0.717) is 23.6 Å². The van der Waals surface area contributed by atoms with E-state index in [0.717, 1.165) is 5.56 Å². The predicted molar refractivity (Wildman–Crippen MR) is 93.0 cm³/mol. The van der Waals surface area contributed by atoms with Crippen LogP contribution in [-0.4, -0.2) is 45.5 Å². The highest BCUT2D eigenvalue weighted by atomic mass is 16.6. The van der Waals surface area contributed by atoms with Crippen LogP contribution < -0.4 is 15.4 Å². The van der Waals surface area contributed by atoms with Crippen LogP contribution in [0.25, 0.3) is 6.08 Å². The van der Waals surface area contributed by atoms with Crippen molar-refractivity contribution >= 4 is 18.1 Å². The number of nitrogens with one attached hydrogen (secondary N) is 2. The molecule has 2 amide bonds. The molecule has 1 aliphatic heterocycles. The molecule has 0 spiro atoms. The molecule has 1 aromatic carbocycles. The van der Waals surface area contributed by atoms with E-state index in [1.54, 1.807) is 26.2 Å². The molecule has 0 saturated carbocycles. The zero-order valence-corrected chi connectivity index (χ0v) is 14.5. The van der Waals surface area contributed by atoms with Crippen molar-refractivity contribution in [3.8, 4) is 5.75 Å². The fraction of sp³-hybridized carbons (Fsp3) is 0.333. The van der Waals surface area contributed by atoms with Crippen molar-refractivity contribution in [1.29, 1.82) is 0 Å². The fourth-order valence-corrected chi connectivity index (χ4v) is 2.44. The van der Waals surface area contributed by atoms with Gasteiger partial charge in [0.1, 0.15) is 12.4 Å². The van der Waals surface area contributed by atoms with E-state index in [2.05, 4.69) is 10.6 Å². The summed E-state index contributed by atoms with van der Waals surface area (Å²) >= 11 is 0. The smallest absolute Gasteiger partial charge is 0.338 e. The summed E-state index contributed by atoms with van der Waals surface area (Å²) < 4.78 is 15.4. The van der Waals surface area contributed by atoms with Gasteiger partial charge < -0.3 is 24.8 Å². The standard InChI is InChI=1S/C18H22N2O5/c1-12-16(17(21)25-11-10-23-2)14(20-18(22)19-12)9-8-13-6-4-5-7-15(13)24-3/h4-9,14H,10-11H2,1-3H3,(H2,19,20,22)/b9-8+/t14-/m1/s1. The third kappa shape index (κ3) is 4.84. The zero-order valence-electron chi connectivity index (χ0n) is 14.5. The molecule has 0 saturated heterocycles. The van der Waals surface area contributed by atoms with Gasteiger partial charge in [-0.25, -0.2) is 9.59 Å². The van der Waals surface area contributed by atoms with E-state index in [1.807, 2.05) is 24.3 Å². The lowest BCUT2D eigenvalue weighted by atomic mass is 10.0. The van der Waals surface area contributed by atoms with E-state index in [1.165, 1.54) is 7.11 Å². The maximum atomic E-state index is 12.3. The topological polar surface area (TPSA) is 85.9 Å². The molecule has 2 N–H and O–H groups in total. The Bertz CT molecular complexity index is 696. The molecule has 1 aromatic rings. The lowest BCUT2D eigenvalue weighted by molar-refractivity contribution is -0.140. The van der Waals surface area contributed by atoms with Gasteiger partial charge in [-0.3, -0.25) is 0 Å². The van der Waals surface area contributed by atoms with Crippen LogP contribution in [0.5, 0.6) is 5.75 Å². The summed E-state index contributed by atoms with van der Waals surface area (Å²) in [7, 11) is 3.11. The molecule has 0 radical (unpaired) electrons. The molecule has 1 heterocycles. The van der Waals surface area contributed by atoms with Gasteiger partial charge >= 0.3 is 12.0 Å². The number of amides is 2. The summed E-state index contributed by atoms with van der Waals surface area (Å²) in [5.41, 5.74) is 1.64. The van der Waals surface area contributed by atoms with Gasteiger partial charge in [0.25, 0.3) is 0 Å². The molecule has 134 valence electrons. The van der Waals surface area contributed by atoms with Crippen LogP contribution in [-0.2, 0) is 14.3 Å². The normalized spacial score (nSPS) is 17.2. The van der Waals surface area contributed by atoms with Gasteiger partial charge in [0.05, 0.1) is 25.3 Å². The summed E-state index contributed by atoms with van der Waals surface area (Å²) in [5, 5.41) is 5.30. The fourth-order valence-electron chi connectivity index (χ4n) is 2.44. The molecule has 7 nitrogen and oxygen atoms in total. The molecule has 25 heavy (non-hydrogen) atoms. The summed E-state index contributed by atoms with van der Waals surface area (Å²) in [6, 6.07) is 6.48. The molecule has 0 aromatic heterocycles. The van der Waals surface area contributed by atoms with E-state index in [4.69, 9.17) is 14.2 Å². The van der Waals surface area contributed by atoms with Crippen LogP contribution in [0.2, 0.25) is 0 Å². The van der Waals surface area contributed by atoms with Gasteiger partial charge in [-0.2, -0.15) is 0 Å². The maximum absolute atomic E-state index is 12.3. The predicted octanol–water partition coefficient (Wildman–Crippen LogP) is 1.85. The second kappa shape index (κ2) is 8.89. The van der Waals surface area contributed by atoms with Crippen molar-refractivity contribution in [2.75, 3.05) is 27.4 Å². The molecule has 0 unspecified atom stereocenters. The van der Waals surface area contributed by atoms with Gasteiger partial charge in [-0.15, -0.1) is 0 Å². The highest BCUT2D eigenvalue weighted by Gasteiger charge is 2.29. The number of allylic oxidation sites excluding steroid dienone is 1. The molecular formula is C18H22N2O5. The average molecular weight is 346 g/mol. The number of para-hydroxylation sites is 1. The third-order valence-corrected chi connectivity index (χ3v) is 3.65. The molecule has 1 aliphatic rings. The Morgan fingerprint density at radius 3 is 2.72 bits per heavy atom. The largest absolute Gasteiger partial charge is 0.496 e. The number of hydrogen-bond donors (Lipinski definition) is 2. The summed E-state index contributed by atoms with van der Waals surface area (Å²) in [6.45, 7) is 2.11. The first-order chi connectivity index (χ1) is 12.1. The SMILES string of the molecule is COCCOC(=O)C1=C(C)NC(=O)N[C@@H]1/C=C/c1ccccc1OC. The number of esters is 1. The first-order valence-electron chi connectivity index (χ1n) is 7.82. The Morgan fingerprint density at radius 1 is 1.24 bits per heavy atom. The van der Waals surface area contributed by atoms with Crippen LogP contribution in [0.3, 0.4) is 0 Å². The van der Waals surface area contributed by atoms with Gasteiger partial charge in [-0.05, 0) is 13.0 Å². The molecule has 0 bridgehead atoms. The van der Waals surface area contributed by atoms with E-state index >= 15 is 0 Å². The molecule has 1 atom stereocenters. The number of urea groups is 1. The Labute approximate surface area is 146 Å². The lowest BCUT2D eigenvalue weighted by Gasteiger charge is -2.25. The van der Waals surface area contributed by atoms with Crippen LogP contribution in [0.4, 0.5) is 4.79 Å². The minimum Gasteiger partial charge on any atom is -0.496 e. The lowest BCUT2D eigenvalue weighted by Crippen LogP contribution is -2.49. The summed E-state index contributed by atoms with van der Waals surface area (Å²) in [5.74, 6) is 0.195. The Kier molecular flexibility index (Phi) is 6.59. The van der Waals surface area contributed by atoms with Gasteiger partial charge in [0.2, 0.25) is 0 Å². The van der Waals surface area contributed by atoms with E-state index < -0.39 is 12.0 Å². The highest BCUT2D eigenvalue weighted by Crippen LogP contribution is 2.21. The number of benzene rings is 1. The summed E-state index contributed by atoms with van der Waals surface area (Å²) in [6.07, 6.45) is 3.53. The van der Waals surface area contributed by atoms with Gasteiger partial charge in [-0.1, -0.05) is 30.4 Å². The third-order valence-electron chi connectivity index (χ3n) is 3.65. The Hall–Kier alpha value is -2.80. The first-order valence-corrected chi connectivity index (χ1v) is 7.82. The molecule has 2 rings (SSSR count). The Balaban J connectivity index is 2.23.